The number of ether oxygens (including phenoxy) is 4. The summed E-state index contributed by atoms with van der Waals surface area (Å²) in [6.07, 6.45) is 7.54. The fourth-order valence-electron chi connectivity index (χ4n) is 5.23. The number of aliphatic hydroxyl groups excluding tert-OH is 1. The van der Waals surface area contributed by atoms with Gasteiger partial charge in [-0.15, -0.1) is 0 Å². The van der Waals surface area contributed by atoms with Crippen molar-refractivity contribution in [2.75, 3.05) is 41.1 Å². The molecule has 1 aliphatic carbocycles. The van der Waals surface area contributed by atoms with Gasteiger partial charge in [0.15, 0.2) is 11.5 Å². The third-order valence-corrected chi connectivity index (χ3v) is 6.83. The smallest absolute Gasteiger partial charge is 0.328 e. The van der Waals surface area contributed by atoms with Crippen molar-refractivity contribution in [3.05, 3.63) is 17.7 Å². The van der Waals surface area contributed by atoms with Crippen molar-refractivity contribution in [1.29, 1.82) is 0 Å². The van der Waals surface area contributed by atoms with Gasteiger partial charge in [-0.3, -0.25) is 4.79 Å². The van der Waals surface area contributed by atoms with Crippen LogP contribution in [-0.2, 0) is 14.3 Å². The van der Waals surface area contributed by atoms with Crippen LogP contribution in [-0.4, -0.2) is 69.0 Å². The molecule has 1 aromatic rings. The van der Waals surface area contributed by atoms with Crippen LogP contribution in [0.15, 0.2) is 12.1 Å². The number of amides is 1. The van der Waals surface area contributed by atoms with Crippen LogP contribution < -0.4 is 14.2 Å². The van der Waals surface area contributed by atoms with Gasteiger partial charge in [-0.05, 0) is 55.7 Å². The van der Waals surface area contributed by atoms with Crippen molar-refractivity contribution < 1.29 is 33.6 Å². The van der Waals surface area contributed by atoms with Gasteiger partial charge in [0.05, 0.1) is 33.9 Å². The maximum absolute atomic E-state index is 14.1. The topological polar surface area (TPSA) is 94.5 Å². The van der Waals surface area contributed by atoms with E-state index in [1.54, 1.807) is 26.2 Å². The van der Waals surface area contributed by atoms with Crippen molar-refractivity contribution in [1.82, 2.24) is 4.90 Å². The summed E-state index contributed by atoms with van der Waals surface area (Å²) < 4.78 is 21.8. The Kier molecular flexibility index (Phi) is 9.23. The van der Waals surface area contributed by atoms with Crippen LogP contribution >= 0.6 is 0 Å². The van der Waals surface area contributed by atoms with Crippen molar-refractivity contribution in [3.63, 3.8) is 0 Å². The van der Waals surface area contributed by atoms with E-state index in [2.05, 4.69) is 0 Å². The number of aliphatic hydroxyl groups is 1. The molecule has 1 aromatic carbocycles. The zero-order chi connectivity index (χ0) is 23.8. The van der Waals surface area contributed by atoms with E-state index in [1.165, 1.54) is 6.42 Å². The highest BCUT2D eigenvalue weighted by Crippen LogP contribution is 2.45. The van der Waals surface area contributed by atoms with E-state index in [4.69, 9.17) is 24.1 Å². The molecule has 3 rings (SSSR count). The first-order valence-electron chi connectivity index (χ1n) is 11.9. The normalized spacial score (nSPS) is 20.1. The lowest BCUT2D eigenvalue weighted by Gasteiger charge is -2.39. The number of rotatable bonds is 9. The number of carbonyl (C=O) groups is 2. The van der Waals surface area contributed by atoms with E-state index in [0.29, 0.717) is 30.2 Å². The van der Waals surface area contributed by atoms with Gasteiger partial charge in [0.2, 0.25) is 11.7 Å². The van der Waals surface area contributed by atoms with E-state index in [1.807, 2.05) is 12.1 Å². The summed E-state index contributed by atoms with van der Waals surface area (Å²) in [7, 11) is 4.69. The quantitative estimate of drug-likeness (QED) is 0.562. The van der Waals surface area contributed by atoms with Gasteiger partial charge in [-0.1, -0.05) is 19.3 Å². The standard InChI is InChI=1S/C25H37NO7/c1-30-20-15-18(16-21(31-2)23(20)32-3)22(17-9-5-4-6-10-17)24(28)26-12-8-7-11-19(26)25(29)33-14-13-27/h15-17,19,22,27H,4-14H2,1-3H3. The highest BCUT2D eigenvalue weighted by molar-refractivity contribution is 5.89. The monoisotopic (exact) mass is 463 g/mol. The minimum Gasteiger partial charge on any atom is -0.493 e. The highest BCUT2D eigenvalue weighted by Gasteiger charge is 2.40. The molecular weight excluding hydrogens is 426 g/mol. The molecule has 0 bridgehead atoms. The van der Waals surface area contributed by atoms with Gasteiger partial charge >= 0.3 is 5.97 Å². The molecular formula is C25H37NO7. The number of carbonyl (C=O) groups excluding carboxylic acids is 2. The fraction of sp³-hybridized carbons (Fsp3) is 0.680. The Morgan fingerprint density at radius 2 is 1.61 bits per heavy atom. The minimum absolute atomic E-state index is 0.0539. The second kappa shape index (κ2) is 12.1. The largest absolute Gasteiger partial charge is 0.493 e. The zero-order valence-electron chi connectivity index (χ0n) is 20.0. The second-order valence-electron chi connectivity index (χ2n) is 8.77. The van der Waals surface area contributed by atoms with E-state index < -0.39 is 17.9 Å². The number of esters is 1. The van der Waals surface area contributed by atoms with Crippen LogP contribution in [0.2, 0.25) is 0 Å². The summed E-state index contributed by atoms with van der Waals surface area (Å²) in [5, 5.41) is 9.05. The van der Waals surface area contributed by atoms with Crippen LogP contribution in [0.5, 0.6) is 17.2 Å². The highest BCUT2D eigenvalue weighted by atomic mass is 16.5. The Bertz CT molecular complexity index is 781. The molecule has 1 N–H and O–H groups in total. The van der Waals surface area contributed by atoms with Gasteiger partial charge < -0.3 is 29.0 Å². The van der Waals surface area contributed by atoms with Crippen molar-refractivity contribution >= 4 is 11.9 Å². The van der Waals surface area contributed by atoms with E-state index in [0.717, 1.165) is 44.1 Å². The molecule has 1 amide bonds. The third-order valence-electron chi connectivity index (χ3n) is 6.83. The average molecular weight is 464 g/mol. The lowest BCUT2D eigenvalue weighted by Crippen LogP contribution is -2.51. The van der Waals surface area contributed by atoms with Crippen molar-refractivity contribution in [2.24, 2.45) is 5.92 Å². The first-order valence-corrected chi connectivity index (χ1v) is 11.9. The van der Waals surface area contributed by atoms with Crippen LogP contribution in [0.1, 0.15) is 62.8 Å². The predicted octanol–water partition coefficient (Wildman–Crippen LogP) is 3.29. The summed E-state index contributed by atoms with van der Waals surface area (Å²) in [5.41, 5.74) is 0.814. The molecule has 2 unspecified atom stereocenters. The van der Waals surface area contributed by atoms with E-state index in [-0.39, 0.29) is 25.0 Å². The number of piperidine rings is 1. The van der Waals surface area contributed by atoms with Crippen LogP contribution in [0.25, 0.3) is 0 Å². The number of likely N-dealkylation sites (tertiary alicyclic amines) is 1. The zero-order valence-corrected chi connectivity index (χ0v) is 20.0. The molecule has 184 valence electrons. The van der Waals surface area contributed by atoms with Gasteiger partial charge in [0.25, 0.3) is 0 Å². The summed E-state index contributed by atoms with van der Waals surface area (Å²) in [4.78, 5) is 28.5. The van der Waals surface area contributed by atoms with E-state index >= 15 is 0 Å². The molecule has 1 saturated carbocycles. The molecule has 1 aliphatic heterocycles. The maximum atomic E-state index is 14.1. The van der Waals surface area contributed by atoms with Crippen LogP contribution in [0, 0.1) is 5.92 Å². The van der Waals surface area contributed by atoms with Gasteiger partial charge in [-0.25, -0.2) is 4.79 Å². The predicted molar refractivity (Wildman–Crippen MR) is 123 cm³/mol. The molecule has 2 atom stereocenters. The summed E-state index contributed by atoms with van der Waals surface area (Å²) in [5.74, 6) is 0.777. The molecule has 2 aliphatic rings. The Morgan fingerprint density at radius 3 is 2.18 bits per heavy atom. The Hall–Kier alpha value is -2.48. The first-order chi connectivity index (χ1) is 16.0. The summed E-state index contributed by atoms with van der Waals surface area (Å²) in [6.45, 7) is 0.226. The fourth-order valence-corrected chi connectivity index (χ4v) is 5.23. The molecule has 8 heteroatoms. The molecule has 33 heavy (non-hydrogen) atoms. The summed E-state index contributed by atoms with van der Waals surface area (Å²) in [6, 6.07) is 3.11. The molecule has 0 radical (unpaired) electrons. The molecule has 1 saturated heterocycles. The lowest BCUT2D eigenvalue weighted by molar-refractivity contribution is -0.158. The Balaban J connectivity index is 2.00. The summed E-state index contributed by atoms with van der Waals surface area (Å²) >= 11 is 0. The van der Waals surface area contributed by atoms with Gasteiger partial charge in [-0.2, -0.15) is 0 Å². The van der Waals surface area contributed by atoms with Gasteiger partial charge in [0, 0.05) is 6.54 Å². The van der Waals surface area contributed by atoms with E-state index in [9.17, 15) is 9.59 Å². The van der Waals surface area contributed by atoms with Crippen LogP contribution in [0.4, 0.5) is 0 Å². The number of benzene rings is 1. The van der Waals surface area contributed by atoms with Gasteiger partial charge in [0.1, 0.15) is 12.6 Å². The molecule has 8 nitrogen and oxygen atoms in total. The first kappa shape index (κ1) is 25.1. The lowest BCUT2D eigenvalue weighted by atomic mass is 9.75. The molecule has 1 heterocycles. The van der Waals surface area contributed by atoms with Crippen molar-refractivity contribution in [3.8, 4) is 17.2 Å². The maximum Gasteiger partial charge on any atom is 0.328 e. The number of hydrogen-bond acceptors (Lipinski definition) is 7. The van der Waals surface area contributed by atoms with Crippen molar-refractivity contribution in [2.45, 2.75) is 63.3 Å². The molecule has 2 fully saturated rings. The van der Waals surface area contributed by atoms with Crippen LogP contribution in [0.3, 0.4) is 0 Å². The minimum atomic E-state index is -0.620. The number of hydrogen-bond donors (Lipinski definition) is 1. The molecule has 0 spiro atoms. The average Bonchev–Trinajstić information content (AvgIpc) is 2.87. The second-order valence-corrected chi connectivity index (χ2v) is 8.77. The third kappa shape index (κ3) is 5.72. The SMILES string of the molecule is COc1cc(C(C(=O)N2CCCCC2C(=O)OCCO)C2CCCCC2)cc(OC)c1OC. The Morgan fingerprint density at radius 1 is 0.970 bits per heavy atom. The number of nitrogens with zero attached hydrogens (tertiary/aromatic N) is 1. The number of methoxy groups -OCH3 is 3. The Labute approximate surface area is 196 Å². The molecule has 0 aromatic heterocycles.